The summed E-state index contributed by atoms with van der Waals surface area (Å²) in [7, 11) is 0. The molecule has 1 atom stereocenters. The van der Waals surface area contributed by atoms with Crippen molar-refractivity contribution in [1.29, 1.82) is 0 Å². The van der Waals surface area contributed by atoms with Gasteiger partial charge >= 0.3 is 5.97 Å². The van der Waals surface area contributed by atoms with E-state index in [4.69, 9.17) is 0 Å². The summed E-state index contributed by atoms with van der Waals surface area (Å²) in [6.45, 7) is 4.13. The van der Waals surface area contributed by atoms with Crippen molar-refractivity contribution in [1.82, 2.24) is 4.98 Å². The summed E-state index contributed by atoms with van der Waals surface area (Å²) in [4.78, 5) is 17.4. The van der Waals surface area contributed by atoms with Crippen molar-refractivity contribution in [2.45, 2.75) is 39.0 Å². The highest BCUT2D eigenvalue weighted by Crippen LogP contribution is 2.27. The molecule has 1 unspecified atom stereocenters. The van der Waals surface area contributed by atoms with Crippen LogP contribution in [0.1, 0.15) is 49.4 Å². The van der Waals surface area contributed by atoms with Gasteiger partial charge in [-0.2, -0.15) is 0 Å². The van der Waals surface area contributed by atoms with Gasteiger partial charge in [0.25, 0.3) is 0 Å². The van der Waals surface area contributed by atoms with E-state index in [9.17, 15) is 9.90 Å². The van der Waals surface area contributed by atoms with Crippen LogP contribution in [-0.4, -0.2) is 29.1 Å². The number of carboxylic acids is 1. The molecule has 0 aliphatic carbocycles. The molecule has 0 aromatic carbocycles. The molecule has 1 aliphatic heterocycles. The summed E-state index contributed by atoms with van der Waals surface area (Å²) in [5, 5.41) is 9.24. The molecule has 4 nitrogen and oxygen atoms in total. The van der Waals surface area contributed by atoms with Gasteiger partial charge in [0.15, 0.2) is 0 Å². The van der Waals surface area contributed by atoms with Crippen LogP contribution in [0.25, 0.3) is 0 Å². The van der Waals surface area contributed by atoms with Crippen LogP contribution in [0, 0.1) is 5.92 Å². The zero-order chi connectivity index (χ0) is 13.7. The Morgan fingerprint density at radius 3 is 3.05 bits per heavy atom. The first-order valence-corrected chi connectivity index (χ1v) is 7.14. The molecular formula is C15H22N2O2. The highest BCUT2D eigenvalue weighted by atomic mass is 16.4. The summed E-state index contributed by atoms with van der Waals surface area (Å²) in [6, 6.07) is 1.82. The van der Waals surface area contributed by atoms with Crippen molar-refractivity contribution in [3.8, 4) is 0 Å². The number of rotatable bonds is 4. The molecule has 0 amide bonds. The molecule has 1 aliphatic rings. The van der Waals surface area contributed by atoms with Gasteiger partial charge < -0.3 is 10.0 Å². The molecule has 2 rings (SSSR count). The Morgan fingerprint density at radius 1 is 1.47 bits per heavy atom. The van der Waals surface area contributed by atoms with Gasteiger partial charge in [-0.05, 0) is 31.2 Å². The lowest BCUT2D eigenvalue weighted by Gasteiger charge is -2.24. The summed E-state index contributed by atoms with van der Waals surface area (Å²) in [6.07, 6.45) is 9.22. The second-order valence-corrected chi connectivity index (χ2v) is 5.27. The number of nitrogens with zero attached hydrogens (tertiary/aromatic N) is 2. The van der Waals surface area contributed by atoms with E-state index in [1.165, 1.54) is 25.5 Å². The van der Waals surface area contributed by atoms with Gasteiger partial charge in [0.1, 0.15) is 5.56 Å². The highest BCUT2D eigenvalue weighted by Gasteiger charge is 2.20. The molecule has 1 fully saturated rings. The largest absolute Gasteiger partial charge is 0.478 e. The molecule has 0 radical (unpaired) electrons. The Bertz CT molecular complexity index is 434. The third-order valence-corrected chi connectivity index (χ3v) is 3.91. The molecule has 1 aromatic heterocycles. The second-order valence-electron chi connectivity index (χ2n) is 5.27. The number of anilines is 1. The van der Waals surface area contributed by atoms with Crippen molar-refractivity contribution in [3.05, 3.63) is 24.0 Å². The van der Waals surface area contributed by atoms with E-state index < -0.39 is 5.97 Å². The average Bonchev–Trinajstić information content (AvgIpc) is 2.65. The Hall–Kier alpha value is -1.58. The zero-order valence-corrected chi connectivity index (χ0v) is 11.5. The van der Waals surface area contributed by atoms with Gasteiger partial charge in [-0.1, -0.05) is 19.8 Å². The van der Waals surface area contributed by atoms with Gasteiger partial charge in [-0.15, -0.1) is 0 Å². The molecule has 0 spiro atoms. The quantitative estimate of drug-likeness (QED) is 0.905. The van der Waals surface area contributed by atoms with Crippen LogP contribution in [0.5, 0.6) is 0 Å². The minimum Gasteiger partial charge on any atom is -0.478 e. The van der Waals surface area contributed by atoms with Crippen molar-refractivity contribution in [2.75, 3.05) is 18.0 Å². The van der Waals surface area contributed by atoms with Crippen molar-refractivity contribution < 1.29 is 9.90 Å². The first-order valence-electron chi connectivity index (χ1n) is 7.14. The van der Waals surface area contributed by atoms with E-state index in [0.717, 1.165) is 37.5 Å². The lowest BCUT2D eigenvalue weighted by Crippen LogP contribution is -2.26. The van der Waals surface area contributed by atoms with Crippen molar-refractivity contribution >= 4 is 11.7 Å². The number of carboxylic acid groups (broad SMARTS) is 1. The van der Waals surface area contributed by atoms with Crippen LogP contribution in [0.15, 0.2) is 18.5 Å². The van der Waals surface area contributed by atoms with Crippen molar-refractivity contribution in [3.63, 3.8) is 0 Å². The number of aromatic nitrogens is 1. The number of pyridine rings is 1. The average molecular weight is 262 g/mol. The fraction of sp³-hybridized carbons (Fsp3) is 0.600. The SMILES string of the molecule is CCCC1CCCN(c2ccncc2C(=O)O)CC1. The predicted octanol–water partition coefficient (Wildman–Crippen LogP) is 3.19. The van der Waals surface area contributed by atoms with E-state index in [0.29, 0.717) is 5.56 Å². The molecule has 4 heteroatoms. The molecule has 1 N–H and O–H groups in total. The second kappa shape index (κ2) is 6.55. The van der Waals surface area contributed by atoms with Crippen LogP contribution in [0.3, 0.4) is 0 Å². The molecular weight excluding hydrogens is 240 g/mol. The normalized spacial score (nSPS) is 20.1. The third kappa shape index (κ3) is 3.46. The summed E-state index contributed by atoms with van der Waals surface area (Å²) >= 11 is 0. The van der Waals surface area contributed by atoms with Crippen LogP contribution in [0.4, 0.5) is 5.69 Å². The van der Waals surface area contributed by atoms with Crippen LogP contribution in [-0.2, 0) is 0 Å². The molecule has 1 aromatic rings. The smallest absolute Gasteiger partial charge is 0.339 e. The minimum absolute atomic E-state index is 0.316. The summed E-state index contributed by atoms with van der Waals surface area (Å²) in [5.41, 5.74) is 1.14. The lowest BCUT2D eigenvalue weighted by molar-refractivity contribution is 0.0697. The Balaban J connectivity index is 2.12. The maximum Gasteiger partial charge on any atom is 0.339 e. The van der Waals surface area contributed by atoms with Crippen LogP contribution < -0.4 is 4.90 Å². The molecule has 1 saturated heterocycles. The topological polar surface area (TPSA) is 53.4 Å². The number of carbonyl (C=O) groups is 1. The van der Waals surface area contributed by atoms with Gasteiger partial charge in [0, 0.05) is 25.5 Å². The number of aromatic carboxylic acids is 1. The first-order chi connectivity index (χ1) is 9.22. The van der Waals surface area contributed by atoms with Gasteiger partial charge in [0.05, 0.1) is 5.69 Å². The van der Waals surface area contributed by atoms with Crippen LogP contribution in [0.2, 0.25) is 0 Å². The fourth-order valence-corrected chi connectivity index (χ4v) is 2.93. The fourth-order valence-electron chi connectivity index (χ4n) is 2.93. The van der Waals surface area contributed by atoms with Crippen molar-refractivity contribution in [2.24, 2.45) is 5.92 Å². The predicted molar refractivity (Wildman–Crippen MR) is 75.7 cm³/mol. The van der Waals surface area contributed by atoms with E-state index in [-0.39, 0.29) is 0 Å². The summed E-state index contributed by atoms with van der Waals surface area (Å²) in [5.74, 6) is -0.0948. The maximum absolute atomic E-state index is 11.3. The van der Waals surface area contributed by atoms with Gasteiger partial charge in [-0.25, -0.2) is 4.79 Å². The Kier molecular flexibility index (Phi) is 4.77. The monoisotopic (exact) mass is 262 g/mol. The van der Waals surface area contributed by atoms with Gasteiger partial charge in [0.2, 0.25) is 0 Å². The standard InChI is InChI=1S/C15H22N2O2/c1-2-4-12-5-3-9-17(10-7-12)14-6-8-16-11-13(14)15(18)19/h6,8,11-12H,2-5,7,9-10H2,1H3,(H,18,19). The van der Waals surface area contributed by atoms with Crippen LogP contribution >= 0.6 is 0 Å². The Morgan fingerprint density at radius 2 is 2.32 bits per heavy atom. The molecule has 19 heavy (non-hydrogen) atoms. The van der Waals surface area contributed by atoms with E-state index in [1.807, 2.05) is 6.07 Å². The number of hydrogen-bond acceptors (Lipinski definition) is 3. The lowest BCUT2D eigenvalue weighted by atomic mass is 9.96. The third-order valence-electron chi connectivity index (χ3n) is 3.91. The first kappa shape index (κ1) is 13.8. The number of hydrogen-bond donors (Lipinski definition) is 1. The molecule has 0 saturated carbocycles. The highest BCUT2D eigenvalue weighted by molar-refractivity contribution is 5.94. The molecule has 0 bridgehead atoms. The Labute approximate surface area is 114 Å². The van der Waals surface area contributed by atoms with E-state index >= 15 is 0 Å². The minimum atomic E-state index is -0.891. The zero-order valence-electron chi connectivity index (χ0n) is 11.5. The van der Waals surface area contributed by atoms with E-state index in [1.54, 1.807) is 6.20 Å². The molecule has 104 valence electrons. The van der Waals surface area contributed by atoms with E-state index in [2.05, 4.69) is 16.8 Å². The van der Waals surface area contributed by atoms with Gasteiger partial charge in [-0.3, -0.25) is 4.98 Å². The maximum atomic E-state index is 11.3. The summed E-state index contributed by atoms with van der Waals surface area (Å²) < 4.78 is 0. The molecule has 2 heterocycles.